The second-order valence-corrected chi connectivity index (χ2v) is 6.17. The highest BCUT2D eigenvalue weighted by Gasteiger charge is 2.21. The van der Waals surface area contributed by atoms with Crippen molar-refractivity contribution >= 4 is 23.1 Å². The molecular weight excluding hydrogens is 328 g/mol. The molecule has 0 spiro atoms. The second-order valence-electron chi connectivity index (χ2n) is 6.17. The Morgan fingerprint density at radius 2 is 1.46 bits per heavy atom. The predicted octanol–water partition coefficient (Wildman–Crippen LogP) is 4.53. The van der Waals surface area contributed by atoms with Crippen LogP contribution in [0.5, 0.6) is 0 Å². The Hall–Kier alpha value is -2.88. The van der Waals surface area contributed by atoms with Crippen molar-refractivity contribution in [1.29, 1.82) is 0 Å². The smallest absolute Gasteiger partial charge is 0.338 e. The van der Waals surface area contributed by atoms with E-state index in [4.69, 9.17) is 9.47 Å². The lowest BCUT2D eigenvalue weighted by atomic mass is 10.00. The van der Waals surface area contributed by atoms with Crippen LogP contribution in [0.15, 0.2) is 42.5 Å². The average molecular weight is 350 g/mol. The summed E-state index contributed by atoms with van der Waals surface area (Å²) in [6.45, 7) is 6.41. The minimum absolute atomic E-state index is 0.291. The van der Waals surface area contributed by atoms with E-state index >= 15 is 0 Å². The molecule has 0 radical (unpaired) electrons. The van der Waals surface area contributed by atoms with E-state index in [1.807, 2.05) is 30.3 Å². The van der Waals surface area contributed by atoms with E-state index < -0.39 is 0 Å². The number of rotatable bonds is 5. The molecule has 0 N–H and O–H groups in total. The van der Waals surface area contributed by atoms with Gasteiger partial charge in [0.25, 0.3) is 0 Å². The molecule has 1 aliphatic rings. The van der Waals surface area contributed by atoms with Gasteiger partial charge in [0.1, 0.15) is 0 Å². The molecule has 4 nitrogen and oxygen atoms in total. The minimum atomic E-state index is -0.307. The Morgan fingerprint density at radius 3 is 2.08 bits per heavy atom. The third kappa shape index (κ3) is 3.40. The highest BCUT2D eigenvalue weighted by Crippen LogP contribution is 2.38. The molecule has 0 bridgehead atoms. The number of allylic oxidation sites excluding steroid dienone is 2. The predicted molar refractivity (Wildman–Crippen MR) is 101 cm³/mol. The molecule has 0 atom stereocenters. The number of hydrogen-bond acceptors (Lipinski definition) is 4. The maximum atomic E-state index is 12.0. The number of ether oxygens (including phenoxy) is 2. The SMILES string of the molecule is CCOC(=O)c1ccc(C2=C(C)c3ccc(C(=O)OCC)cc3C2)cc1. The summed E-state index contributed by atoms with van der Waals surface area (Å²) in [5, 5.41) is 0. The van der Waals surface area contributed by atoms with E-state index in [2.05, 4.69) is 6.92 Å². The second kappa shape index (κ2) is 7.56. The third-order valence-corrected chi connectivity index (χ3v) is 4.58. The Morgan fingerprint density at radius 1 is 0.885 bits per heavy atom. The van der Waals surface area contributed by atoms with Crippen LogP contribution in [-0.2, 0) is 15.9 Å². The van der Waals surface area contributed by atoms with Crippen molar-refractivity contribution in [3.05, 3.63) is 70.3 Å². The van der Waals surface area contributed by atoms with Crippen LogP contribution in [0.25, 0.3) is 11.1 Å². The van der Waals surface area contributed by atoms with Gasteiger partial charge in [-0.25, -0.2) is 9.59 Å². The van der Waals surface area contributed by atoms with Crippen LogP contribution in [0.4, 0.5) is 0 Å². The number of carbonyl (C=O) groups is 2. The Kier molecular flexibility index (Phi) is 5.21. The lowest BCUT2D eigenvalue weighted by Gasteiger charge is -2.06. The van der Waals surface area contributed by atoms with E-state index in [-0.39, 0.29) is 11.9 Å². The lowest BCUT2D eigenvalue weighted by Crippen LogP contribution is -2.05. The standard InChI is InChI=1S/C22H22O4/c1-4-25-21(23)16-8-6-15(7-9-16)20-13-18-12-17(22(24)26-5-2)10-11-19(18)14(20)3/h6-12H,4-5,13H2,1-3H3. The van der Waals surface area contributed by atoms with Gasteiger partial charge in [0.15, 0.2) is 0 Å². The Balaban J connectivity index is 1.85. The van der Waals surface area contributed by atoms with Crippen molar-refractivity contribution < 1.29 is 19.1 Å². The summed E-state index contributed by atoms with van der Waals surface area (Å²) >= 11 is 0. The fourth-order valence-corrected chi connectivity index (χ4v) is 3.27. The van der Waals surface area contributed by atoms with Crippen molar-refractivity contribution in [3.8, 4) is 0 Å². The molecule has 0 unspecified atom stereocenters. The first-order valence-electron chi connectivity index (χ1n) is 8.82. The molecule has 0 amide bonds. The number of benzene rings is 2. The lowest BCUT2D eigenvalue weighted by molar-refractivity contribution is 0.0516. The zero-order chi connectivity index (χ0) is 18.7. The van der Waals surface area contributed by atoms with Crippen LogP contribution >= 0.6 is 0 Å². The van der Waals surface area contributed by atoms with Gasteiger partial charge in [0.05, 0.1) is 24.3 Å². The first-order chi connectivity index (χ1) is 12.5. The van der Waals surface area contributed by atoms with E-state index in [1.54, 1.807) is 26.0 Å². The van der Waals surface area contributed by atoms with Gasteiger partial charge >= 0.3 is 11.9 Å². The molecule has 0 aliphatic heterocycles. The van der Waals surface area contributed by atoms with Crippen LogP contribution in [0.3, 0.4) is 0 Å². The topological polar surface area (TPSA) is 52.6 Å². The number of fused-ring (bicyclic) bond motifs is 1. The molecule has 4 heteroatoms. The fraction of sp³-hybridized carbons (Fsp3) is 0.273. The monoisotopic (exact) mass is 350 g/mol. The highest BCUT2D eigenvalue weighted by molar-refractivity contribution is 5.98. The Labute approximate surface area is 153 Å². The van der Waals surface area contributed by atoms with Gasteiger partial charge in [-0.05, 0) is 79.3 Å². The van der Waals surface area contributed by atoms with Crippen molar-refractivity contribution in [2.24, 2.45) is 0 Å². The summed E-state index contributed by atoms with van der Waals surface area (Å²) in [5.74, 6) is -0.598. The largest absolute Gasteiger partial charge is 0.462 e. The van der Waals surface area contributed by atoms with Crippen LogP contribution in [-0.4, -0.2) is 25.2 Å². The van der Waals surface area contributed by atoms with Gasteiger partial charge in [-0.1, -0.05) is 18.2 Å². The van der Waals surface area contributed by atoms with Gasteiger partial charge in [-0.2, -0.15) is 0 Å². The van der Waals surface area contributed by atoms with Gasteiger partial charge in [0, 0.05) is 0 Å². The minimum Gasteiger partial charge on any atom is -0.462 e. The molecule has 0 fully saturated rings. The summed E-state index contributed by atoms with van der Waals surface area (Å²) in [4.78, 5) is 23.7. The number of carbonyl (C=O) groups excluding carboxylic acids is 2. The van der Waals surface area contributed by atoms with Crippen molar-refractivity contribution in [1.82, 2.24) is 0 Å². The van der Waals surface area contributed by atoms with Gasteiger partial charge in [0.2, 0.25) is 0 Å². The maximum absolute atomic E-state index is 12.0. The summed E-state index contributed by atoms with van der Waals surface area (Å²) in [6, 6.07) is 13.2. The first kappa shape index (κ1) is 17.9. The maximum Gasteiger partial charge on any atom is 0.338 e. The molecule has 0 saturated heterocycles. The van der Waals surface area contributed by atoms with Gasteiger partial charge in [-0.3, -0.25) is 0 Å². The van der Waals surface area contributed by atoms with E-state index in [0.717, 1.165) is 23.1 Å². The van der Waals surface area contributed by atoms with Crippen molar-refractivity contribution in [2.45, 2.75) is 27.2 Å². The Bertz CT molecular complexity index is 876. The summed E-state index contributed by atoms with van der Waals surface area (Å²) in [7, 11) is 0. The van der Waals surface area contributed by atoms with Gasteiger partial charge < -0.3 is 9.47 Å². The molecule has 1 aliphatic carbocycles. The van der Waals surface area contributed by atoms with E-state index in [1.165, 1.54) is 11.1 Å². The fourth-order valence-electron chi connectivity index (χ4n) is 3.27. The van der Waals surface area contributed by atoms with Gasteiger partial charge in [-0.15, -0.1) is 0 Å². The molecule has 0 saturated carbocycles. The molecule has 0 aromatic heterocycles. The van der Waals surface area contributed by atoms with Crippen LogP contribution in [0.2, 0.25) is 0 Å². The molecule has 0 heterocycles. The quantitative estimate of drug-likeness (QED) is 0.744. The third-order valence-electron chi connectivity index (χ3n) is 4.58. The summed E-state index contributed by atoms with van der Waals surface area (Å²) < 4.78 is 10.1. The van der Waals surface area contributed by atoms with E-state index in [0.29, 0.717) is 24.3 Å². The molecule has 134 valence electrons. The zero-order valence-corrected chi connectivity index (χ0v) is 15.3. The highest BCUT2D eigenvalue weighted by atomic mass is 16.5. The van der Waals surface area contributed by atoms with Crippen molar-refractivity contribution in [3.63, 3.8) is 0 Å². The number of hydrogen-bond donors (Lipinski definition) is 0. The van der Waals surface area contributed by atoms with Crippen LogP contribution in [0, 0.1) is 0 Å². The average Bonchev–Trinajstić information content (AvgIpc) is 2.98. The van der Waals surface area contributed by atoms with Crippen LogP contribution in [0.1, 0.15) is 58.2 Å². The van der Waals surface area contributed by atoms with Crippen LogP contribution < -0.4 is 0 Å². The normalized spacial score (nSPS) is 12.7. The summed E-state index contributed by atoms with van der Waals surface area (Å²) in [6.07, 6.45) is 0.757. The molecule has 26 heavy (non-hydrogen) atoms. The summed E-state index contributed by atoms with van der Waals surface area (Å²) in [5.41, 5.74) is 6.88. The van der Waals surface area contributed by atoms with E-state index in [9.17, 15) is 9.59 Å². The molecule has 2 aromatic carbocycles. The number of esters is 2. The van der Waals surface area contributed by atoms with Crippen molar-refractivity contribution in [2.75, 3.05) is 13.2 Å². The molecule has 3 rings (SSSR count). The zero-order valence-electron chi connectivity index (χ0n) is 15.3. The molecule has 2 aromatic rings. The first-order valence-corrected chi connectivity index (χ1v) is 8.82. The molecular formula is C22H22O4.